The third-order valence-corrected chi connectivity index (χ3v) is 6.78. The second-order valence-corrected chi connectivity index (χ2v) is 8.74. The molecule has 1 aliphatic rings. The van der Waals surface area contributed by atoms with E-state index in [-0.39, 0.29) is 18.1 Å². The van der Waals surface area contributed by atoms with E-state index in [1.807, 2.05) is 30.3 Å². The van der Waals surface area contributed by atoms with Crippen molar-refractivity contribution in [3.63, 3.8) is 0 Å². The zero-order valence-corrected chi connectivity index (χ0v) is 17.7. The maximum atomic E-state index is 13.1. The number of hydrogen-bond donors (Lipinski definition) is 1. The number of nitrogens with zero attached hydrogens (tertiary/aromatic N) is 3. The molecule has 3 heterocycles. The highest BCUT2D eigenvalue weighted by atomic mass is 32.1. The molecule has 0 spiro atoms. The van der Waals surface area contributed by atoms with Gasteiger partial charge in [0.2, 0.25) is 5.91 Å². The van der Waals surface area contributed by atoms with Crippen molar-refractivity contribution in [3.05, 3.63) is 98.2 Å². The van der Waals surface area contributed by atoms with Crippen LogP contribution >= 0.6 is 11.3 Å². The molecule has 0 bridgehead atoms. The summed E-state index contributed by atoms with van der Waals surface area (Å²) in [4.78, 5) is 33.4. The monoisotopic (exact) mass is 430 g/mol. The van der Waals surface area contributed by atoms with Gasteiger partial charge >= 0.3 is 0 Å². The molecule has 0 saturated heterocycles. The fourth-order valence-corrected chi connectivity index (χ4v) is 5.30. The minimum Gasteiger partial charge on any atom is -0.368 e. The van der Waals surface area contributed by atoms with Gasteiger partial charge in [0.1, 0.15) is 12.4 Å². The zero-order valence-electron chi connectivity index (χ0n) is 16.9. The molecular weight excluding hydrogens is 408 g/mol. The van der Waals surface area contributed by atoms with Gasteiger partial charge in [-0.1, -0.05) is 42.5 Å². The molecule has 2 N–H and O–H groups in total. The number of primary amides is 1. The lowest BCUT2D eigenvalue weighted by atomic mass is 9.93. The fraction of sp³-hybridized carbons (Fsp3) is 0.208. The SMILES string of the molecule is NC(=O)Cn1c(CN2CCc3sccc3[C@@H]2c2ccccc2)nc2ccccc2c1=O. The Bertz CT molecular complexity index is 1310. The average molecular weight is 431 g/mol. The van der Waals surface area contributed by atoms with Crippen LogP contribution < -0.4 is 11.3 Å². The molecule has 156 valence electrons. The number of aromatic nitrogens is 2. The van der Waals surface area contributed by atoms with E-state index in [0.29, 0.717) is 23.3 Å². The Labute approximate surface area is 183 Å². The molecule has 6 nitrogen and oxygen atoms in total. The lowest BCUT2D eigenvalue weighted by molar-refractivity contribution is -0.118. The van der Waals surface area contributed by atoms with Gasteiger partial charge in [0.15, 0.2) is 0 Å². The summed E-state index contributed by atoms with van der Waals surface area (Å²) in [5, 5.41) is 2.63. The highest BCUT2D eigenvalue weighted by Crippen LogP contribution is 2.38. The van der Waals surface area contributed by atoms with Crippen molar-refractivity contribution in [2.24, 2.45) is 5.73 Å². The van der Waals surface area contributed by atoms with E-state index < -0.39 is 5.91 Å². The molecule has 0 aliphatic carbocycles. The maximum Gasteiger partial charge on any atom is 0.261 e. The van der Waals surface area contributed by atoms with E-state index >= 15 is 0 Å². The lowest BCUT2D eigenvalue weighted by Gasteiger charge is -2.36. The van der Waals surface area contributed by atoms with E-state index in [2.05, 4.69) is 28.5 Å². The summed E-state index contributed by atoms with van der Waals surface area (Å²) >= 11 is 1.79. The molecule has 0 radical (unpaired) electrons. The van der Waals surface area contributed by atoms with Gasteiger partial charge in [0.05, 0.1) is 23.5 Å². The van der Waals surface area contributed by atoms with Crippen molar-refractivity contribution < 1.29 is 4.79 Å². The van der Waals surface area contributed by atoms with E-state index in [4.69, 9.17) is 10.7 Å². The van der Waals surface area contributed by atoms with Crippen molar-refractivity contribution in [3.8, 4) is 0 Å². The second-order valence-electron chi connectivity index (χ2n) is 7.74. The number of para-hydroxylation sites is 1. The van der Waals surface area contributed by atoms with Crippen LogP contribution in [0.2, 0.25) is 0 Å². The summed E-state index contributed by atoms with van der Waals surface area (Å²) in [6, 6.07) is 19.9. The van der Waals surface area contributed by atoms with Crippen molar-refractivity contribution in [1.82, 2.24) is 14.5 Å². The van der Waals surface area contributed by atoms with E-state index in [0.717, 1.165) is 13.0 Å². The molecule has 1 aliphatic heterocycles. The first-order valence-corrected chi connectivity index (χ1v) is 11.1. The summed E-state index contributed by atoms with van der Waals surface area (Å²) in [6.07, 6.45) is 0.948. The molecule has 1 amide bonds. The summed E-state index contributed by atoms with van der Waals surface area (Å²) in [6.45, 7) is 1.11. The Kier molecular flexibility index (Phi) is 5.13. The van der Waals surface area contributed by atoms with Crippen LogP contribution in [0.15, 0.2) is 70.8 Å². The smallest absolute Gasteiger partial charge is 0.261 e. The maximum absolute atomic E-state index is 13.1. The standard InChI is InChI=1S/C24H22N4O2S/c25-21(29)14-28-22(26-19-9-5-4-8-17(19)24(28)30)15-27-12-10-20-18(11-13-31-20)23(27)16-6-2-1-3-7-16/h1-9,11,13,23H,10,12,14-15H2,(H2,25,29)/t23-/m0/s1. The molecule has 0 fully saturated rings. The van der Waals surface area contributed by atoms with Crippen molar-refractivity contribution >= 4 is 28.1 Å². The number of thiophene rings is 1. The van der Waals surface area contributed by atoms with E-state index in [9.17, 15) is 9.59 Å². The van der Waals surface area contributed by atoms with Crippen LogP contribution in [0.1, 0.15) is 27.9 Å². The molecule has 0 unspecified atom stereocenters. The van der Waals surface area contributed by atoms with Gasteiger partial charge in [-0.25, -0.2) is 4.98 Å². The van der Waals surface area contributed by atoms with Crippen LogP contribution in [0.3, 0.4) is 0 Å². The Morgan fingerprint density at radius 1 is 1.10 bits per heavy atom. The predicted octanol–water partition coefficient (Wildman–Crippen LogP) is 3.09. The quantitative estimate of drug-likeness (QED) is 0.528. The fourth-order valence-electron chi connectivity index (χ4n) is 4.40. The first-order valence-electron chi connectivity index (χ1n) is 10.2. The molecule has 0 saturated carbocycles. The number of hydrogen-bond acceptors (Lipinski definition) is 5. The minimum atomic E-state index is -0.557. The summed E-state index contributed by atoms with van der Waals surface area (Å²) in [5.41, 5.74) is 8.37. The van der Waals surface area contributed by atoms with Crippen molar-refractivity contribution in [2.45, 2.75) is 25.6 Å². The van der Waals surface area contributed by atoms with Crippen LogP contribution in [0, 0.1) is 0 Å². The van der Waals surface area contributed by atoms with Gasteiger partial charge < -0.3 is 5.73 Å². The normalized spacial score (nSPS) is 16.3. The summed E-state index contributed by atoms with van der Waals surface area (Å²) < 4.78 is 1.43. The summed E-state index contributed by atoms with van der Waals surface area (Å²) in [5.74, 6) is 0.000848. The predicted molar refractivity (Wildman–Crippen MR) is 122 cm³/mol. The number of carbonyl (C=O) groups excluding carboxylic acids is 1. The molecule has 4 aromatic rings. The average Bonchev–Trinajstić information content (AvgIpc) is 3.25. The molecule has 7 heteroatoms. The third kappa shape index (κ3) is 3.66. The second kappa shape index (κ2) is 8.09. The minimum absolute atomic E-state index is 0.0709. The molecule has 1 atom stereocenters. The molecular formula is C24H22N4O2S. The first-order chi connectivity index (χ1) is 15.1. The largest absolute Gasteiger partial charge is 0.368 e. The number of nitrogens with two attached hydrogens (primary N) is 1. The topological polar surface area (TPSA) is 81.2 Å². The Morgan fingerprint density at radius 2 is 1.87 bits per heavy atom. The number of rotatable bonds is 5. The zero-order chi connectivity index (χ0) is 21.4. The molecule has 2 aromatic carbocycles. The van der Waals surface area contributed by atoms with Crippen LogP contribution in [-0.2, 0) is 24.3 Å². The van der Waals surface area contributed by atoms with Gasteiger partial charge in [-0.2, -0.15) is 0 Å². The molecule has 31 heavy (non-hydrogen) atoms. The van der Waals surface area contributed by atoms with E-state index in [1.54, 1.807) is 23.5 Å². The Hall–Kier alpha value is -3.29. The van der Waals surface area contributed by atoms with Crippen molar-refractivity contribution in [2.75, 3.05) is 6.54 Å². The van der Waals surface area contributed by atoms with Gasteiger partial charge in [-0.3, -0.25) is 19.1 Å². The first kappa shape index (κ1) is 19.7. The van der Waals surface area contributed by atoms with Crippen LogP contribution in [0.5, 0.6) is 0 Å². The Morgan fingerprint density at radius 3 is 2.68 bits per heavy atom. The summed E-state index contributed by atoms with van der Waals surface area (Å²) in [7, 11) is 0. The van der Waals surface area contributed by atoms with Crippen LogP contribution in [0.4, 0.5) is 0 Å². The Balaban J connectivity index is 1.61. The number of amides is 1. The van der Waals surface area contributed by atoms with Gasteiger partial charge in [0, 0.05) is 11.4 Å². The van der Waals surface area contributed by atoms with Crippen LogP contribution in [0.25, 0.3) is 10.9 Å². The number of fused-ring (bicyclic) bond motifs is 2. The lowest BCUT2D eigenvalue weighted by Crippen LogP contribution is -2.38. The van der Waals surface area contributed by atoms with Gasteiger partial charge in [-0.05, 0) is 41.1 Å². The molecule has 2 aromatic heterocycles. The third-order valence-electron chi connectivity index (χ3n) is 5.78. The highest BCUT2D eigenvalue weighted by Gasteiger charge is 2.30. The van der Waals surface area contributed by atoms with Gasteiger partial charge in [-0.15, -0.1) is 11.3 Å². The van der Waals surface area contributed by atoms with Gasteiger partial charge in [0.25, 0.3) is 5.56 Å². The van der Waals surface area contributed by atoms with Crippen molar-refractivity contribution in [1.29, 1.82) is 0 Å². The highest BCUT2D eigenvalue weighted by molar-refractivity contribution is 7.10. The van der Waals surface area contributed by atoms with Crippen LogP contribution in [-0.4, -0.2) is 26.9 Å². The molecule has 5 rings (SSSR count). The van der Waals surface area contributed by atoms with E-state index in [1.165, 1.54) is 20.6 Å². The number of benzene rings is 2. The number of carbonyl (C=O) groups is 1.